The van der Waals surface area contributed by atoms with Crippen molar-refractivity contribution in [2.45, 2.75) is 6.54 Å². The molecule has 1 fully saturated rings. The van der Waals surface area contributed by atoms with Gasteiger partial charge in [-0.3, -0.25) is 9.69 Å². The van der Waals surface area contributed by atoms with Crippen LogP contribution < -0.4 is 10.1 Å². The number of carbonyl (C=O) groups is 1. The van der Waals surface area contributed by atoms with E-state index in [9.17, 15) is 4.79 Å². The number of benzene rings is 2. The summed E-state index contributed by atoms with van der Waals surface area (Å²) in [6, 6.07) is 18.1. The van der Waals surface area contributed by atoms with E-state index in [0.29, 0.717) is 6.54 Å². The molecule has 0 radical (unpaired) electrons. The maximum absolute atomic E-state index is 12.4. The van der Waals surface area contributed by atoms with Crippen LogP contribution in [0.3, 0.4) is 0 Å². The summed E-state index contributed by atoms with van der Waals surface area (Å²) in [5, 5.41) is 3.18. The summed E-state index contributed by atoms with van der Waals surface area (Å²) in [4.78, 5) is 16.7. The molecule has 3 rings (SSSR count). The number of amides is 1. The van der Waals surface area contributed by atoms with Crippen molar-refractivity contribution in [1.82, 2.24) is 9.80 Å². The maximum Gasteiger partial charge on any atom is 0.241 e. The van der Waals surface area contributed by atoms with E-state index in [0.717, 1.165) is 44.2 Å². The van der Waals surface area contributed by atoms with Crippen molar-refractivity contribution in [2.24, 2.45) is 0 Å². The van der Waals surface area contributed by atoms with Crippen LogP contribution in [0.25, 0.3) is 0 Å². The van der Waals surface area contributed by atoms with Gasteiger partial charge in [-0.05, 0) is 29.8 Å². The van der Waals surface area contributed by atoms with Crippen LogP contribution in [0.5, 0.6) is 5.75 Å². The largest absolute Gasteiger partial charge is 0.497 e. The molecule has 25 heavy (non-hydrogen) atoms. The Kier molecular flexibility index (Phi) is 5.90. The molecule has 1 aliphatic heterocycles. The van der Waals surface area contributed by atoms with Crippen molar-refractivity contribution in [3.05, 3.63) is 60.2 Å². The Hall–Kier alpha value is -2.53. The second kappa shape index (κ2) is 8.53. The highest BCUT2D eigenvalue weighted by atomic mass is 16.5. The van der Waals surface area contributed by atoms with Crippen molar-refractivity contribution in [3.63, 3.8) is 0 Å². The lowest BCUT2D eigenvalue weighted by Gasteiger charge is -2.34. The average molecular weight is 339 g/mol. The molecule has 0 saturated carbocycles. The lowest BCUT2D eigenvalue weighted by molar-refractivity contribution is -0.131. The molecule has 2 aromatic carbocycles. The van der Waals surface area contributed by atoms with E-state index in [-0.39, 0.29) is 5.91 Å². The Bertz CT molecular complexity index is 665. The Balaban J connectivity index is 1.41. The van der Waals surface area contributed by atoms with Crippen LogP contribution in [0.2, 0.25) is 0 Å². The number of methoxy groups -OCH3 is 1. The zero-order valence-corrected chi connectivity index (χ0v) is 14.6. The number of hydrogen-bond donors (Lipinski definition) is 1. The minimum absolute atomic E-state index is 0.148. The fourth-order valence-corrected chi connectivity index (χ4v) is 3.00. The van der Waals surface area contributed by atoms with Crippen LogP contribution in [0, 0.1) is 0 Å². The van der Waals surface area contributed by atoms with Gasteiger partial charge in [0.15, 0.2) is 0 Å². The molecule has 0 unspecified atom stereocenters. The van der Waals surface area contributed by atoms with Crippen LogP contribution in [0.4, 0.5) is 5.69 Å². The lowest BCUT2D eigenvalue weighted by Crippen LogP contribution is -2.49. The molecule has 0 spiro atoms. The quantitative estimate of drug-likeness (QED) is 0.878. The first kappa shape index (κ1) is 17.3. The number of nitrogens with one attached hydrogen (secondary N) is 1. The molecule has 1 saturated heterocycles. The van der Waals surface area contributed by atoms with Crippen molar-refractivity contribution >= 4 is 11.6 Å². The molecular weight excluding hydrogens is 314 g/mol. The predicted molar refractivity (Wildman–Crippen MR) is 99.8 cm³/mol. The highest BCUT2D eigenvalue weighted by Crippen LogP contribution is 2.15. The van der Waals surface area contributed by atoms with Crippen LogP contribution >= 0.6 is 0 Å². The topological polar surface area (TPSA) is 44.8 Å². The van der Waals surface area contributed by atoms with Gasteiger partial charge in [-0.25, -0.2) is 0 Å². The van der Waals surface area contributed by atoms with E-state index in [4.69, 9.17) is 4.74 Å². The molecule has 2 aromatic rings. The van der Waals surface area contributed by atoms with Gasteiger partial charge < -0.3 is 15.0 Å². The van der Waals surface area contributed by atoms with Gasteiger partial charge >= 0.3 is 0 Å². The number of carbonyl (C=O) groups excluding carboxylic acids is 1. The van der Waals surface area contributed by atoms with E-state index in [1.54, 1.807) is 7.11 Å². The van der Waals surface area contributed by atoms with Gasteiger partial charge in [0.25, 0.3) is 0 Å². The highest BCUT2D eigenvalue weighted by Gasteiger charge is 2.20. The summed E-state index contributed by atoms with van der Waals surface area (Å²) in [7, 11) is 1.64. The van der Waals surface area contributed by atoms with Crippen molar-refractivity contribution in [2.75, 3.05) is 45.2 Å². The summed E-state index contributed by atoms with van der Waals surface area (Å²) in [6.45, 7) is 4.69. The molecule has 5 heteroatoms. The number of piperazine rings is 1. The Morgan fingerprint density at radius 3 is 2.32 bits per heavy atom. The summed E-state index contributed by atoms with van der Waals surface area (Å²) in [6.07, 6.45) is 0. The third kappa shape index (κ3) is 4.97. The highest BCUT2D eigenvalue weighted by molar-refractivity contribution is 5.81. The zero-order chi connectivity index (χ0) is 17.5. The minimum Gasteiger partial charge on any atom is -0.497 e. The number of anilines is 1. The third-order valence-corrected chi connectivity index (χ3v) is 4.51. The molecule has 0 bridgehead atoms. The van der Waals surface area contributed by atoms with Crippen LogP contribution in [0.1, 0.15) is 5.56 Å². The van der Waals surface area contributed by atoms with Gasteiger partial charge in [-0.2, -0.15) is 0 Å². The first-order valence-corrected chi connectivity index (χ1v) is 8.66. The van der Waals surface area contributed by atoms with Crippen LogP contribution in [0.15, 0.2) is 54.6 Å². The molecule has 0 aliphatic carbocycles. The fourth-order valence-electron chi connectivity index (χ4n) is 3.00. The minimum atomic E-state index is 0.148. The Labute approximate surface area is 149 Å². The third-order valence-electron chi connectivity index (χ3n) is 4.51. The maximum atomic E-state index is 12.4. The van der Waals surface area contributed by atoms with E-state index in [2.05, 4.69) is 34.5 Å². The first-order valence-electron chi connectivity index (χ1n) is 8.66. The number of rotatable bonds is 6. The van der Waals surface area contributed by atoms with E-state index < -0.39 is 0 Å². The molecule has 1 N–H and O–H groups in total. The fraction of sp³-hybridized carbons (Fsp3) is 0.350. The van der Waals surface area contributed by atoms with Gasteiger partial charge in [0, 0.05) is 38.4 Å². The Morgan fingerprint density at radius 1 is 1.00 bits per heavy atom. The molecule has 0 atom stereocenters. The van der Waals surface area contributed by atoms with Gasteiger partial charge in [0.1, 0.15) is 5.75 Å². The van der Waals surface area contributed by atoms with E-state index in [1.807, 2.05) is 35.2 Å². The monoisotopic (exact) mass is 339 g/mol. The smallest absolute Gasteiger partial charge is 0.241 e. The van der Waals surface area contributed by atoms with Gasteiger partial charge in [-0.1, -0.05) is 30.3 Å². The normalized spacial score (nSPS) is 15.0. The molecule has 5 nitrogen and oxygen atoms in total. The SMILES string of the molecule is COc1ccc(NCC(=O)N2CCN(Cc3ccccc3)CC2)cc1. The second-order valence-electron chi connectivity index (χ2n) is 6.22. The number of nitrogens with zero attached hydrogens (tertiary/aromatic N) is 2. The van der Waals surface area contributed by atoms with Crippen molar-refractivity contribution in [1.29, 1.82) is 0 Å². The van der Waals surface area contributed by atoms with Gasteiger partial charge in [-0.15, -0.1) is 0 Å². The summed E-state index contributed by atoms with van der Waals surface area (Å²) in [5.74, 6) is 0.960. The summed E-state index contributed by atoms with van der Waals surface area (Å²) >= 11 is 0. The van der Waals surface area contributed by atoms with Gasteiger partial charge in [0.2, 0.25) is 5.91 Å². The molecule has 132 valence electrons. The summed E-state index contributed by atoms with van der Waals surface area (Å²) < 4.78 is 5.13. The van der Waals surface area contributed by atoms with Crippen molar-refractivity contribution < 1.29 is 9.53 Å². The molecule has 0 aromatic heterocycles. The number of hydrogen-bond acceptors (Lipinski definition) is 4. The van der Waals surface area contributed by atoms with Crippen molar-refractivity contribution in [3.8, 4) is 5.75 Å². The van der Waals surface area contributed by atoms with E-state index in [1.165, 1.54) is 5.56 Å². The lowest BCUT2D eigenvalue weighted by atomic mass is 10.2. The zero-order valence-electron chi connectivity index (χ0n) is 14.6. The molecule has 1 aliphatic rings. The first-order chi connectivity index (χ1) is 12.2. The number of ether oxygens (including phenoxy) is 1. The molecule has 1 heterocycles. The van der Waals surface area contributed by atoms with E-state index >= 15 is 0 Å². The standard InChI is InChI=1S/C20H25N3O2/c1-25-19-9-7-18(8-10-19)21-15-20(24)23-13-11-22(12-14-23)16-17-5-3-2-4-6-17/h2-10,21H,11-16H2,1H3. The molecular formula is C20H25N3O2. The average Bonchev–Trinajstić information content (AvgIpc) is 2.68. The predicted octanol–water partition coefficient (Wildman–Crippen LogP) is 2.45. The van der Waals surface area contributed by atoms with Crippen LogP contribution in [-0.4, -0.2) is 55.5 Å². The van der Waals surface area contributed by atoms with Gasteiger partial charge in [0.05, 0.1) is 13.7 Å². The van der Waals surface area contributed by atoms with Crippen LogP contribution in [-0.2, 0) is 11.3 Å². The molecule has 1 amide bonds. The second-order valence-corrected chi connectivity index (χ2v) is 6.22. The summed E-state index contributed by atoms with van der Waals surface area (Å²) in [5.41, 5.74) is 2.25. The Morgan fingerprint density at radius 2 is 1.68 bits per heavy atom.